The number of rotatable bonds is 2. The van der Waals surface area contributed by atoms with Crippen LogP contribution in [0.5, 0.6) is 0 Å². The predicted molar refractivity (Wildman–Crippen MR) is 88.2 cm³/mol. The van der Waals surface area contributed by atoms with E-state index in [1.807, 2.05) is 5.51 Å². The molecule has 2 aliphatic rings. The van der Waals surface area contributed by atoms with Crippen LogP contribution in [0.2, 0.25) is 0 Å². The van der Waals surface area contributed by atoms with Crippen LogP contribution in [0.25, 0.3) is 10.2 Å². The predicted octanol–water partition coefficient (Wildman–Crippen LogP) is 2.03. The van der Waals surface area contributed by atoms with Gasteiger partial charge in [-0.25, -0.2) is 9.78 Å². The standard InChI is InChI=1S/C16H18N4O2S/c1-10(11-2-3-13-12(8-11)17-9-23-13)20-6-4-16(5-7-20)14(21)18-15(22)19-16/h2-3,8-10H,4-7H2,1H3,(H2,18,19,21,22). The molecule has 120 valence electrons. The van der Waals surface area contributed by atoms with Gasteiger partial charge in [0.05, 0.1) is 15.7 Å². The first-order valence-electron chi connectivity index (χ1n) is 7.78. The third-order valence-corrected chi connectivity index (χ3v) is 5.86. The van der Waals surface area contributed by atoms with Crippen LogP contribution in [-0.2, 0) is 4.79 Å². The fourth-order valence-electron chi connectivity index (χ4n) is 3.52. The van der Waals surface area contributed by atoms with E-state index in [-0.39, 0.29) is 18.0 Å². The van der Waals surface area contributed by atoms with Crippen molar-refractivity contribution in [3.63, 3.8) is 0 Å². The van der Waals surface area contributed by atoms with Crippen molar-refractivity contribution < 1.29 is 9.59 Å². The van der Waals surface area contributed by atoms with Gasteiger partial charge in [-0.05, 0) is 37.5 Å². The number of urea groups is 1. The van der Waals surface area contributed by atoms with E-state index >= 15 is 0 Å². The molecule has 0 radical (unpaired) electrons. The fraction of sp³-hybridized carbons (Fsp3) is 0.438. The van der Waals surface area contributed by atoms with Crippen molar-refractivity contribution in [2.45, 2.75) is 31.3 Å². The quantitative estimate of drug-likeness (QED) is 0.826. The van der Waals surface area contributed by atoms with Gasteiger partial charge in [0.2, 0.25) is 0 Å². The molecule has 6 nitrogen and oxygen atoms in total. The van der Waals surface area contributed by atoms with Crippen LogP contribution in [-0.4, -0.2) is 40.5 Å². The van der Waals surface area contributed by atoms with Crippen LogP contribution in [0.1, 0.15) is 31.4 Å². The van der Waals surface area contributed by atoms with Crippen molar-refractivity contribution in [3.05, 3.63) is 29.3 Å². The van der Waals surface area contributed by atoms with E-state index in [9.17, 15) is 9.59 Å². The zero-order valence-corrected chi connectivity index (χ0v) is 13.7. The highest BCUT2D eigenvalue weighted by Gasteiger charge is 2.48. The Morgan fingerprint density at radius 3 is 2.78 bits per heavy atom. The molecule has 2 saturated heterocycles. The van der Waals surface area contributed by atoms with Crippen LogP contribution in [0.4, 0.5) is 4.79 Å². The number of benzene rings is 1. The first-order chi connectivity index (χ1) is 11.1. The first-order valence-corrected chi connectivity index (χ1v) is 8.66. The third kappa shape index (κ3) is 2.40. The molecule has 2 N–H and O–H groups in total. The highest BCUT2D eigenvalue weighted by atomic mass is 32.1. The van der Waals surface area contributed by atoms with Gasteiger partial charge in [0.15, 0.2) is 0 Å². The Bertz CT molecular complexity index is 779. The molecule has 0 aliphatic carbocycles. The van der Waals surface area contributed by atoms with Gasteiger partial charge in [-0.1, -0.05) is 6.07 Å². The highest BCUT2D eigenvalue weighted by Crippen LogP contribution is 2.32. The molecule has 0 saturated carbocycles. The van der Waals surface area contributed by atoms with Crippen molar-refractivity contribution in [3.8, 4) is 0 Å². The Hall–Kier alpha value is -1.99. The number of fused-ring (bicyclic) bond motifs is 1. The summed E-state index contributed by atoms with van der Waals surface area (Å²) in [5.41, 5.74) is 3.44. The van der Waals surface area contributed by atoms with Crippen LogP contribution in [0.3, 0.4) is 0 Å². The minimum atomic E-state index is -0.702. The Morgan fingerprint density at radius 1 is 1.30 bits per heavy atom. The van der Waals surface area contributed by atoms with E-state index < -0.39 is 5.54 Å². The van der Waals surface area contributed by atoms with Crippen molar-refractivity contribution in [1.29, 1.82) is 0 Å². The lowest BCUT2D eigenvalue weighted by Crippen LogP contribution is -2.55. The van der Waals surface area contributed by atoms with Gasteiger partial charge in [0.1, 0.15) is 5.54 Å². The molecule has 7 heteroatoms. The van der Waals surface area contributed by atoms with Crippen LogP contribution >= 0.6 is 11.3 Å². The molecule has 3 heterocycles. The molecule has 1 unspecified atom stereocenters. The second-order valence-corrected chi connectivity index (χ2v) is 7.17. The molecule has 23 heavy (non-hydrogen) atoms. The van der Waals surface area contributed by atoms with Crippen molar-refractivity contribution in [2.24, 2.45) is 0 Å². The van der Waals surface area contributed by atoms with Crippen molar-refractivity contribution in [2.75, 3.05) is 13.1 Å². The van der Waals surface area contributed by atoms with Crippen molar-refractivity contribution >= 4 is 33.5 Å². The van der Waals surface area contributed by atoms with Gasteiger partial charge in [-0.15, -0.1) is 11.3 Å². The lowest BCUT2D eigenvalue weighted by Gasteiger charge is -2.40. The maximum absolute atomic E-state index is 12.0. The molecule has 2 aliphatic heterocycles. The van der Waals surface area contributed by atoms with E-state index in [1.54, 1.807) is 11.3 Å². The fourth-order valence-corrected chi connectivity index (χ4v) is 4.18. The third-order valence-electron chi connectivity index (χ3n) is 5.05. The maximum Gasteiger partial charge on any atom is 0.322 e. The Labute approximate surface area is 137 Å². The van der Waals surface area contributed by atoms with Crippen LogP contribution in [0.15, 0.2) is 23.7 Å². The van der Waals surface area contributed by atoms with Gasteiger partial charge in [-0.3, -0.25) is 15.0 Å². The number of aromatic nitrogens is 1. The average molecular weight is 330 g/mol. The molecule has 2 aromatic rings. The summed E-state index contributed by atoms with van der Waals surface area (Å²) in [7, 11) is 0. The summed E-state index contributed by atoms with van der Waals surface area (Å²) in [6, 6.07) is 6.31. The minimum Gasteiger partial charge on any atom is -0.323 e. The SMILES string of the molecule is CC(c1ccc2scnc2c1)N1CCC2(CC1)NC(=O)NC2=O. The second-order valence-electron chi connectivity index (χ2n) is 6.28. The number of nitrogens with zero attached hydrogens (tertiary/aromatic N) is 2. The summed E-state index contributed by atoms with van der Waals surface area (Å²) in [5, 5.41) is 5.16. The second kappa shape index (κ2) is 5.28. The lowest BCUT2D eigenvalue weighted by atomic mass is 9.86. The Kier molecular flexibility index (Phi) is 3.35. The monoisotopic (exact) mass is 330 g/mol. The zero-order chi connectivity index (χ0) is 16.0. The molecule has 2 fully saturated rings. The van der Waals surface area contributed by atoms with Gasteiger partial charge in [-0.2, -0.15) is 0 Å². The lowest BCUT2D eigenvalue weighted by molar-refractivity contribution is -0.125. The van der Waals surface area contributed by atoms with Gasteiger partial charge < -0.3 is 5.32 Å². The summed E-state index contributed by atoms with van der Waals surface area (Å²) < 4.78 is 1.20. The number of carbonyl (C=O) groups excluding carboxylic acids is 2. The summed E-state index contributed by atoms with van der Waals surface area (Å²) in [4.78, 5) is 30.1. The Balaban J connectivity index is 1.49. The molecule has 1 aromatic heterocycles. The normalized spacial score (nSPS) is 22.3. The molecular formula is C16H18N4O2S. The summed E-state index contributed by atoms with van der Waals surface area (Å²) in [6.45, 7) is 3.74. The number of hydrogen-bond donors (Lipinski definition) is 2. The molecule has 1 aromatic carbocycles. The number of imide groups is 1. The van der Waals surface area contributed by atoms with E-state index in [0.29, 0.717) is 12.8 Å². The Morgan fingerprint density at radius 2 is 2.09 bits per heavy atom. The summed E-state index contributed by atoms with van der Waals surface area (Å²) in [5.74, 6) is -0.182. The summed E-state index contributed by atoms with van der Waals surface area (Å²) in [6.07, 6.45) is 1.29. The molecular weight excluding hydrogens is 312 g/mol. The maximum atomic E-state index is 12.0. The topological polar surface area (TPSA) is 74.3 Å². The average Bonchev–Trinajstić information content (AvgIpc) is 3.11. The van der Waals surface area contributed by atoms with E-state index in [4.69, 9.17) is 0 Å². The summed E-state index contributed by atoms with van der Waals surface area (Å²) >= 11 is 1.65. The number of thiazole rings is 1. The highest BCUT2D eigenvalue weighted by molar-refractivity contribution is 7.16. The molecule has 1 spiro atoms. The van der Waals surface area contributed by atoms with Crippen LogP contribution < -0.4 is 10.6 Å². The molecule has 1 atom stereocenters. The number of hydrogen-bond acceptors (Lipinski definition) is 5. The number of amides is 3. The van der Waals surface area contributed by atoms with Crippen molar-refractivity contribution in [1.82, 2.24) is 20.5 Å². The smallest absolute Gasteiger partial charge is 0.322 e. The number of carbonyl (C=O) groups is 2. The van der Waals surface area contributed by atoms with Gasteiger partial charge in [0, 0.05) is 19.1 Å². The van der Waals surface area contributed by atoms with E-state index in [2.05, 4.69) is 45.6 Å². The van der Waals surface area contributed by atoms with Gasteiger partial charge >= 0.3 is 6.03 Å². The number of piperidine rings is 1. The number of likely N-dealkylation sites (tertiary alicyclic amines) is 1. The largest absolute Gasteiger partial charge is 0.323 e. The molecule has 3 amide bonds. The zero-order valence-electron chi connectivity index (χ0n) is 12.8. The van der Waals surface area contributed by atoms with E-state index in [0.717, 1.165) is 18.6 Å². The first kappa shape index (κ1) is 14.6. The van der Waals surface area contributed by atoms with E-state index in [1.165, 1.54) is 10.3 Å². The molecule has 0 bridgehead atoms. The number of nitrogens with one attached hydrogen (secondary N) is 2. The molecule has 4 rings (SSSR count). The van der Waals surface area contributed by atoms with Gasteiger partial charge in [0.25, 0.3) is 5.91 Å². The minimum absolute atomic E-state index is 0.182. The van der Waals surface area contributed by atoms with Crippen LogP contribution in [0, 0.1) is 0 Å².